The van der Waals surface area contributed by atoms with Crippen LogP contribution in [0.25, 0.3) is 0 Å². The van der Waals surface area contributed by atoms with Crippen molar-refractivity contribution >= 4 is 34.8 Å². The Morgan fingerprint density at radius 3 is 2.31 bits per heavy atom. The van der Waals surface area contributed by atoms with E-state index in [2.05, 4.69) is 36.5 Å². The molecule has 3 nitrogen and oxygen atoms in total. The minimum atomic E-state index is -0.844. The van der Waals surface area contributed by atoms with Crippen molar-refractivity contribution in [3.8, 4) is 0 Å². The van der Waals surface area contributed by atoms with Crippen LogP contribution in [-0.2, 0) is 14.9 Å². The van der Waals surface area contributed by atoms with E-state index in [1.807, 2.05) is 36.4 Å². The van der Waals surface area contributed by atoms with Gasteiger partial charge in [0.2, 0.25) is 5.91 Å². The number of amides is 1. The highest BCUT2D eigenvalue weighted by atomic mass is 35.5. The van der Waals surface area contributed by atoms with Crippen molar-refractivity contribution in [2.24, 2.45) is 0 Å². The van der Waals surface area contributed by atoms with Crippen LogP contribution in [0.5, 0.6) is 0 Å². The van der Waals surface area contributed by atoms with Crippen LogP contribution in [0.15, 0.2) is 66.7 Å². The summed E-state index contributed by atoms with van der Waals surface area (Å²) in [5.41, 5.74) is 4.02. The van der Waals surface area contributed by atoms with E-state index in [0.717, 1.165) is 22.4 Å². The molecule has 5 rings (SSSR count). The van der Waals surface area contributed by atoms with Gasteiger partial charge in [0.05, 0.1) is 6.10 Å². The molecule has 0 aliphatic carbocycles. The maximum Gasteiger partial charge on any atom is 0.238 e. The molecule has 0 bridgehead atoms. The largest absolute Gasteiger partial charge is 0.364 e. The molecule has 0 radical (unpaired) electrons. The fourth-order valence-electron chi connectivity index (χ4n) is 4.52. The van der Waals surface area contributed by atoms with Crippen molar-refractivity contribution in [3.63, 3.8) is 0 Å². The van der Waals surface area contributed by atoms with E-state index in [1.165, 1.54) is 5.56 Å². The molecule has 3 aromatic carbocycles. The number of hydrogen-bond donors (Lipinski definition) is 1. The third-order valence-corrected chi connectivity index (χ3v) is 6.48. The van der Waals surface area contributed by atoms with Gasteiger partial charge in [0, 0.05) is 15.7 Å². The predicted molar refractivity (Wildman–Crippen MR) is 116 cm³/mol. The summed E-state index contributed by atoms with van der Waals surface area (Å²) in [6.07, 6.45) is -0.0968. The van der Waals surface area contributed by atoms with Crippen LogP contribution >= 0.6 is 23.2 Å². The lowest BCUT2D eigenvalue weighted by Gasteiger charge is -2.28. The van der Waals surface area contributed by atoms with Crippen molar-refractivity contribution in [2.45, 2.75) is 31.0 Å². The monoisotopic (exact) mass is 423 g/mol. The first-order valence-electron chi connectivity index (χ1n) is 9.56. The maximum absolute atomic E-state index is 13.4. The molecule has 2 heterocycles. The van der Waals surface area contributed by atoms with E-state index in [0.29, 0.717) is 16.5 Å². The smallest absolute Gasteiger partial charge is 0.238 e. The zero-order chi connectivity index (χ0) is 20.2. The molecule has 29 heavy (non-hydrogen) atoms. The normalized spacial score (nSPS) is 25.3. The third-order valence-electron chi connectivity index (χ3n) is 5.99. The lowest BCUT2D eigenvalue weighted by molar-refractivity contribution is -0.123. The Labute approximate surface area is 179 Å². The summed E-state index contributed by atoms with van der Waals surface area (Å²) in [5, 5.41) is 4.30. The molecule has 0 unspecified atom stereocenters. The number of nitrogens with one attached hydrogen (secondary N) is 1. The predicted octanol–water partition coefficient (Wildman–Crippen LogP) is 6.39. The number of carbonyl (C=O) groups is 1. The molecule has 0 saturated carbocycles. The molecule has 1 spiro atoms. The van der Waals surface area contributed by atoms with Gasteiger partial charge in [0.15, 0.2) is 0 Å². The van der Waals surface area contributed by atoms with Crippen LogP contribution in [0, 0.1) is 6.92 Å². The van der Waals surface area contributed by atoms with Crippen molar-refractivity contribution < 1.29 is 9.53 Å². The summed E-state index contributed by atoms with van der Waals surface area (Å²) >= 11 is 12.4. The number of benzene rings is 3. The summed E-state index contributed by atoms with van der Waals surface area (Å²) in [6.45, 7) is 2.06. The summed E-state index contributed by atoms with van der Waals surface area (Å²) in [5.74, 6) is -0.0515. The fraction of sp³-hybridized carbons (Fsp3) is 0.208. The minimum absolute atomic E-state index is 0.0515. The molecule has 1 fully saturated rings. The lowest BCUT2D eigenvalue weighted by Crippen LogP contribution is -2.37. The van der Waals surface area contributed by atoms with Crippen LogP contribution < -0.4 is 5.32 Å². The van der Waals surface area contributed by atoms with Gasteiger partial charge in [-0.3, -0.25) is 4.79 Å². The number of rotatable bonds is 2. The van der Waals surface area contributed by atoms with Crippen LogP contribution in [0.4, 0.5) is 5.69 Å². The molecule has 1 amide bonds. The fourth-order valence-corrected chi connectivity index (χ4v) is 4.82. The number of fused-ring (bicyclic) bond motifs is 2. The van der Waals surface area contributed by atoms with Crippen molar-refractivity contribution in [1.82, 2.24) is 0 Å². The van der Waals surface area contributed by atoms with Crippen molar-refractivity contribution in [2.75, 3.05) is 5.32 Å². The molecule has 5 heteroatoms. The Hall–Kier alpha value is -2.33. The topological polar surface area (TPSA) is 38.3 Å². The van der Waals surface area contributed by atoms with Gasteiger partial charge >= 0.3 is 0 Å². The molecule has 1 saturated heterocycles. The molecule has 0 aromatic heterocycles. The molecule has 3 aromatic rings. The Morgan fingerprint density at radius 2 is 1.59 bits per heavy atom. The summed E-state index contributed by atoms with van der Waals surface area (Å²) < 4.78 is 6.57. The van der Waals surface area contributed by atoms with Crippen LogP contribution in [-0.4, -0.2) is 5.91 Å². The second-order valence-corrected chi connectivity index (χ2v) is 8.66. The van der Waals surface area contributed by atoms with Crippen molar-refractivity contribution in [1.29, 1.82) is 0 Å². The van der Waals surface area contributed by atoms with Crippen LogP contribution in [0.3, 0.4) is 0 Å². The second-order valence-electron chi connectivity index (χ2n) is 7.79. The van der Waals surface area contributed by atoms with Gasteiger partial charge in [-0.1, -0.05) is 65.2 Å². The number of halogens is 2. The third kappa shape index (κ3) is 2.96. The van der Waals surface area contributed by atoms with E-state index in [1.54, 1.807) is 6.07 Å². The first-order chi connectivity index (χ1) is 14.0. The van der Waals surface area contributed by atoms with E-state index in [9.17, 15) is 4.79 Å². The SMILES string of the molecule is Cc1ccc([C@H]2C[C@]3(C(=O)Nc4ccc(Cl)cc43)[C@@H](c3ccc(Cl)cc3)O2)cc1. The molecular formula is C24H19Cl2NO2. The minimum Gasteiger partial charge on any atom is -0.364 e. The summed E-state index contributed by atoms with van der Waals surface area (Å²) in [7, 11) is 0. The van der Waals surface area contributed by atoms with Gasteiger partial charge in [0.25, 0.3) is 0 Å². The average Bonchev–Trinajstić information content (AvgIpc) is 3.23. The van der Waals surface area contributed by atoms with Gasteiger partial charge < -0.3 is 10.1 Å². The number of anilines is 1. The number of hydrogen-bond acceptors (Lipinski definition) is 2. The Bertz CT molecular complexity index is 1090. The molecule has 1 N–H and O–H groups in total. The van der Waals surface area contributed by atoms with Gasteiger partial charge in [-0.05, 0) is 60.4 Å². The van der Waals surface area contributed by atoms with E-state index in [-0.39, 0.29) is 12.0 Å². The number of ether oxygens (including phenoxy) is 1. The summed E-state index contributed by atoms with van der Waals surface area (Å²) in [6, 6.07) is 21.4. The number of carbonyl (C=O) groups excluding carboxylic acids is 1. The van der Waals surface area contributed by atoms with Crippen LogP contribution in [0.1, 0.15) is 40.9 Å². The molecule has 146 valence electrons. The maximum atomic E-state index is 13.4. The summed E-state index contributed by atoms with van der Waals surface area (Å²) in [4.78, 5) is 13.4. The molecule has 2 aliphatic rings. The van der Waals surface area contributed by atoms with Gasteiger partial charge in [-0.25, -0.2) is 0 Å². The lowest BCUT2D eigenvalue weighted by atomic mass is 9.72. The zero-order valence-corrected chi connectivity index (χ0v) is 17.3. The molecule has 2 aliphatic heterocycles. The van der Waals surface area contributed by atoms with E-state index < -0.39 is 11.5 Å². The molecular weight excluding hydrogens is 405 g/mol. The number of aryl methyl sites for hydroxylation is 1. The zero-order valence-electron chi connectivity index (χ0n) is 15.8. The highest BCUT2D eigenvalue weighted by Gasteiger charge is 2.59. The standard InChI is InChI=1S/C24H19Cl2NO2/c1-14-2-4-15(5-3-14)21-13-24(22(29-21)16-6-8-17(25)9-7-16)19-12-18(26)10-11-20(19)27-23(24)28/h2-12,21-22H,13H2,1H3,(H,27,28)/t21-,22-,24-/m1/s1. The van der Waals surface area contributed by atoms with E-state index in [4.69, 9.17) is 27.9 Å². The Morgan fingerprint density at radius 1 is 0.931 bits per heavy atom. The van der Waals surface area contributed by atoms with Crippen molar-refractivity contribution in [3.05, 3.63) is 99.0 Å². The van der Waals surface area contributed by atoms with Gasteiger partial charge in [-0.15, -0.1) is 0 Å². The van der Waals surface area contributed by atoms with E-state index >= 15 is 0 Å². The first kappa shape index (κ1) is 18.7. The quantitative estimate of drug-likeness (QED) is 0.517. The highest BCUT2D eigenvalue weighted by molar-refractivity contribution is 6.31. The van der Waals surface area contributed by atoms with Gasteiger partial charge in [-0.2, -0.15) is 0 Å². The second kappa shape index (κ2) is 6.88. The van der Waals surface area contributed by atoms with Gasteiger partial charge in [0.1, 0.15) is 11.5 Å². The van der Waals surface area contributed by atoms with Crippen LogP contribution in [0.2, 0.25) is 10.0 Å². The average molecular weight is 424 g/mol. The Kier molecular flexibility index (Phi) is 4.43. The Balaban J connectivity index is 1.67. The molecule has 3 atom stereocenters. The highest BCUT2D eigenvalue weighted by Crippen LogP contribution is 2.59. The first-order valence-corrected chi connectivity index (χ1v) is 10.3.